The fourth-order valence-electron chi connectivity index (χ4n) is 3.34. The van der Waals surface area contributed by atoms with Gasteiger partial charge in [0, 0.05) is 37.6 Å². The van der Waals surface area contributed by atoms with Crippen LogP contribution in [0.25, 0.3) is 0 Å². The predicted octanol–water partition coefficient (Wildman–Crippen LogP) is 3.37. The number of rotatable bonds is 6. The van der Waals surface area contributed by atoms with Crippen molar-refractivity contribution >= 4 is 23.2 Å². The van der Waals surface area contributed by atoms with Gasteiger partial charge in [-0.1, -0.05) is 18.2 Å². The highest BCUT2D eigenvalue weighted by Gasteiger charge is 2.30. The number of anilines is 3. The standard InChI is InChI=1S/C21H28N4O3/c1-3-27-20-11-6-5-10-19(20)25(21(26)28-4-2)24-14-12-23(13-15-24)18-9-7-8-17(22)16-18/h5-11,16H,3-4,12-15,22H2,1-2H3. The number of hydrogen-bond donors (Lipinski definition) is 1. The van der Waals surface area contributed by atoms with Crippen molar-refractivity contribution in [3.8, 4) is 5.75 Å². The molecule has 7 nitrogen and oxygen atoms in total. The van der Waals surface area contributed by atoms with Gasteiger partial charge in [-0.3, -0.25) is 0 Å². The van der Waals surface area contributed by atoms with Crippen LogP contribution in [0.4, 0.5) is 21.9 Å². The third-order valence-electron chi connectivity index (χ3n) is 4.61. The smallest absolute Gasteiger partial charge is 0.429 e. The molecule has 0 aromatic heterocycles. The third-order valence-corrected chi connectivity index (χ3v) is 4.61. The van der Waals surface area contributed by atoms with Gasteiger partial charge in [-0.05, 0) is 44.2 Å². The van der Waals surface area contributed by atoms with Crippen molar-refractivity contribution in [3.05, 3.63) is 48.5 Å². The van der Waals surface area contributed by atoms with Crippen LogP contribution in [0, 0.1) is 0 Å². The normalized spacial score (nSPS) is 14.6. The van der Waals surface area contributed by atoms with Gasteiger partial charge < -0.3 is 20.1 Å². The number of nitrogens with zero attached hydrogens (tertiary/aromatic N) is 3. The molecule has 0 aliphatic carbocycles. The largest absolute Gasteiger partial charge is 0.492 e. The molecular formula is C21H28N4O3. The van der Waals surface area contributed by atoms with Crippen LogP contribution in [-0.4, -0.2) is 50.5 Å². The number of para-hydroxylation sites is 2. The number of hydrazine groups is 1. The molecule has 1 saturated heterocycles. The monoisotopic (exact) mass is 384 g/mol. The van der Waals surface area contributed by atoms with E-state index < -0.39 is 6.09 Å². The van der Waals surface area contributed by atoms with E-state index >= 15 is 0 Å². The van der Waals surface area contributed by atoms with Gasteiger partial charge in [-0.15, -0.1) is 0 Å². The Bertz CT molecular complexity index is 791. The van der Waals surface area contributed by atoms with Crippen LogP contribution < -0.4 is 20.4 Å². The summed E-state index contributed by atoms with van der Waals surface area (Å²) >= 11 is 0. The van der Waals surface area contributed by atoms with Crippen molar-refractivity contribution in [2.45, 2.75) is 13.8 Å². The average molecular weight is 384 g/mol. The lowest BCUT2D eigenvalue weighted by molar-refractivity contribution is 0.130. The van der Waals surface area contributed by atoms with Gasteiger partial charge in [0.25, 0.3) is 0 Å². The van der Waals surface area contributed by atoms with E-state index in [0.717, 1.165) is 24.5 Å². The summed E-state index contributed by atoms with van der Waals surface area (Å²) in [5, 5.41) is 3.61. The molecule has 0 bridgehead atoms. The fourth-order valence-corrected chi connectivity index (χ4v) is 3.34. The van der Waals surface area contributed by atoms with E-state index in [1.807, 2.05) is 61.3 Å². The molecule has 1 aliphatic rings. The predicted molar refractivity (Wildman–Crippen MR) is 112 cm³/mol. The van der Waals surface area contributed by atoms with Crippen LogP contribution >= 0.6 is 0 Å². The summed E-state index contributed by atoms with van der Waals surface area (Å²) in [5.74, 6) is 0.663. The Morgan fingerprint density at radius 1 is 1.04 bits per heavy atom. The van der Waals surface area contributed by atoms with Crippen molar-refractivity contribution in [1.29, 1.82) is 0 Å². The van der Waals surface area contributed by atoms with Gasteiger partial charge >= 0.3 is 6.09 Å². The molecule has 150 valence electrons. The first-order chi connectivity index (χ1) is 13.6. The first kappa shape index (κ1) is 19.8. The molecule has 3 rings (SSSR count). The summed E-state index contributed by atoms with van der Waals surface area (Å²) in [6, 6.07) is 15.4. The van der Waals surface area contributed by atoms with Crippen LogP contribution in [-0.2, 0) is 4.74 Å². The van der Waals surface area contributed by atoms with Crippen molar-refractivity contribution in [2.24, 2.45) is 0 Å². The van der Waals surface area contributed by atoms with E-state index in [1.54, 1.807) is 5.01 Å². The molecule has 0 spiro atoms. The molecule has 0 atom stereocenters. The second kappa shape index (κ2) is 9.32. The highest BCUT2D eigenvalue weighted by Crippen LogP contribution is 2.31. The van der Waals surface area contributed by atoms with E-state index in [4.69, 9.17) is 15.2 Å². The number of piperazine rings is 1. The van der Waals surface area contributed by atoms with Gasteiger partial charge in [-0.25, -0.2) is 14.8 Å². The summed E-state index contributed by atoms with van der Waals surface area (Å²) in [6.45, 7) is 7.47. The SMILES string of the molecule is CCOC(=O)N(c1ccccc1OCC)N1CCN(c2cccc(N)c2)CC1. The van der Waals surface area contributed by atoms with E-state index in [1.165, 1.54) is 0 Å². The van der Waals surface area contributed by atoms with E-state index in [-0.39, 0.29) is 0 Å². The van der Waals surface area contributed by atoms with Gasteiger partial charge in [0.15, 0.2) is 0 Å². The van der Waals surface area contributed by atoms with Crippen LogP contribution in [0.2, 0.25) is 0 Å². The lowest BCUT2D eigenvalue weighted by Gasteiger charge is -2.41. The Hall–Kier alpha value is -2.93. The van der Waals surface area contributed by atoms with Gasteiger partial charge in [0.1, 0.15) is 11.4 Å². The minimum Gasteiger partial charge on any atom is -0.492 e. The summed E-state index contributed by atoms with van der Waals surface area (Å²) < 4.78 is 11.1. The highest BCUT2D eigenvalue weighted by atomic mass is 16.6. The lowest BCUT2D eigenvalue weighted by atomic mass is 10.2. The molecule has 1 fully saturated rings. The van der Waals surface area contributed by atoms with Crippen molar-refractivity contribution in [2.75, 3.05) is 55.0 Å². The Kier molecular flexibility index (Phi) is 6.60. The minimum atomic E-state index is -0.396. The number of carbonyl (C=O) groups is 1. The molecule has 1 heterocycles. The van der Waals surface area contributed by atoms with Gasteiger partial charge in [0.2, 0.25) is 0 Å². The Morgan fingerprint density at radius 2 is 1.79 bits per heavy atom. The fraction of sp³-hybridized carbons (Fsp3) is 0.381. The summed E-state index contributed by atoms with van der Waals surface area (Å²) in [6.07, 6.45) is -0.396. The Labute approximate surface area is 166 Å². The molecule has 0 saturated carbocycles. The molecule has 28 heavy (non-hydrogen) atoms. The number of ether oxygens (including phenoxy) is 2. The van der Waals surface area contributed by atoms with Crippen molar-refractivity contribution in [3.63, 3.8) is 0 Å². The quantitative estimate of drug-likeness (QED) is 0.770. The number of amides is 1. The molecule has 0 unspecified atom stereocenters. The maximum atomic E-state index is 12.8. The number of nitrogens with two attached hydrogens (primary N) is 1. The van der Waals surface area contributed by atoms with Crippen LogP contribution in [0.1, 0.15) is 13.8 Å². The van der Waals surface area contributed by atoms with Crippen LogP contribution in [0.5, 0.6) is 5.75 Å². The number of nitrogen functional groups attached to an aromatic ring is 1. The van der Waals surface area contributed by atoms with Crippen LogP contribution in [0.3, 0.4) is 0 Å². The lowest BCUT2D eigenvalue weighted by Crippen LogP contribution is -2.56. The summed E-state index contributed by atoms with van der Waals surface area (Å²) in [7, 11) is 0. The van der Waals surface area contributed by atoms with Gasteiger partial charge in [-0.2, -0.15) is 0 Å². The molecule has 1 amide bonds. The number of carbonyl (C=O) groups excluding carboxylic acids is 1. The molecule has 1 aliphatic heterocycles. The number of hydrogen-bond acceptors (Lipinski definition) is 6. The summed E-state index contributed by atoms with van der Waals surface area (Å²) in [4.78, 5) is 15.0. The van der Waals surface area contributed by atoms with E-state index in [9.17, 15) is 4.79 Å². The second-order valence-electron chi connectivity index (χ2n) is 6.45. The van der Waals surface area contributed by atoms with Crippen molar-refractivity contribution < 1.29 is 14.3 Å². The first-order valence-electron chi connectivity index (χ1n) is 9.68. The Balaban J connectivity index is 1.80. The minimum absolute atomic E-state index is 0.315. The zero-order chi connectivity index (χ0) is 19.9. The maximum absolute atomic E-state index is 12.8. The molecule has 7 heteroatoms. The third kappa shape index (κ3) is 4.48. The molecule has 0 radical (unpaired) electrons. The Morgan fingerprint density at radius 3 is 2.46 bits per heavy atom. The topological polar surface area (TPSA) is 71.3 Å². The van der Waals surface area contributed by atoms with E-state index in [0.29, 0.717) is 37.7 Å². The highest BCUT2D eigenvalue weighted by molar-refractivity contribution is 5.88. The second-order valence-corrected chi connectivity index (χ2v) is 6.45. The molecule has 2 aromatic carbocycles. The molecular weight excluding hydrogens is 356 g/mol. The zero-order valence-electron chi connectivity index (χ0n) is 16.5. The number of benzene rings is 2. The zero-order valence-corrected chi connectivity index (χ0v) is 16.5. The van der Waals surface area contributed by atoms with E-state index in [2.05, 4.69) is 11.0 Å². The van der Waals surface area contributed by atoms with Crippen molar-refractivity contribution in [1.82, 2.24) is 5.01 Å². The molecule has 2 N–H and O–H groups in total. The maximum Gasteiger partial charge on any atom is 0.429 e. The van der Waals surface area contributed by atoms with Crippen LogP contribution in [0.15, 0.2) is 48.5 Å². The first-order valence-corrected chi connectivity index (χ1v) is 9.68. The van der Waals surface area contributed by atoms with Gasteiger partial charge in [0.05, 0.1) is 13.2 Å². The average Bonchev–Trinajstić information content (AvgIpc) is 2.70. The molecule has 2 aromatic rings. The summed E-state index contributed by atoms with van der Waals surface area (Å²) in [5.41, 5.74) is 8.45.